The molecular weight excluding hydrogens is 775 g/mol. The minimum atomic E-state index is -0.528. The van der Waals surface area contributed by atoms with Crippen LogP contribution in [0.1, 0.15) is 156 Å². The lowest BCUT2D eigenvalue weighted by molar-refractivity contribution is -0.130. The molecule has 61 heavy (non-hydrogen) atoms. The quantitative estimate of drug-likeness (QED) is 0.0453. The second-order valence-electron chi connectivity index (χ2n) is 24.3. The lowest BCUT2D eigenvalue weighted by Crippen LogP contribution is -2.47. The molecule has 0 aromatic carbocycles. The first-order valence-electron chi connectivity index (χ1n) is 22.5. The number of carbonyl (C=O) groups excluding carboxylic acids is 5. The summed E-state index contributed by atoms with van der Waals surface area (Å²) in [5, 5.41) is 15.2. The molecule has 0 aliphatic heterocycles. The number of carbonyl (C=O) groups is 5. The van der Waals surface area contributed by atoms with Gasteiger partial charge in [-0.25, -0.2) is 0 Å². The van der Waals surface area contributed by atoms with Crippen LogP contribution >= 0.6 is 0 Å². The lowest BCUT2D eigenvalue weighted by Gasteiger charge is -2.32. The Morgan fingerprint density at radius 3 is 1.33 bits per heavy atom. The van der Waals surface area contributed by atoms with E-state index in [0.29, 0.717) is 85.1 Å². The Bertz CT molecular complexity index is 1360. The summed E-state index contributed by atoms with van der Waals surface area (Å²) in [6.45, 7) is 39.3. The van der Waals surface area contributed by atoms with Gasteiger partial charge < -0.3 is 45.6 Å². The summed E-state index contributed by atoms with van der Waals surface area (Å²) < 4.78 is 18.1. The van der Waals surface area contributed by atoms with Crippen molar-refractivity contribution in [2.24, 2.45) is 43.3 Å². The molecule has 0 saturated heterocycles. The Kier molecular flexibility index (Phi) is 24.0. The van der Waals surface area contributed by atoms with E-state index in [1.807, 2.05) is 69.2 Å². The monoisotopic (exact) mass is 868 g/mol. The molecule has 0 aliphatic rings. The van der Waals surface area contributed by atoms with Crippen LogP contribution in [0.4, 0.5) is 0 Å². The Morgan fingerprint density at radius 2 is 0.902 bits per heavy atom. The van der Waals surface area contributed by atoms with Gasteiger partial charge in [0, 0.05) is 72.5 Å². The van der Waals surface area contributed by atoms with Crippen molar-refractivity contribution in [1.82, 2.24) is 26.6 Å². The van der Waals surface area contributed by atoms with E-state index in [2.05, 4.69) is 75.1 Å². The van der Waals surface area contributed by atoms with E-state index in [9.17, 15) is 24.0 Å². The fourth-order valence-electron chi connectivity index (χ4n) is 6.10. The molecule has 1 atom stereocenters. The van der Waals surface area contributed by atoms with Crippen LogP contribution in [-0.4, -0.2) is 109 Å². The number of ether oxygens (including phenoxy) is 3. The summed E-state index contributed by atoms with van der Waals surface area (Å²) >= 11 is 0. The van der Waals surface area contributed by atoms with Gasteiger partial charge in [0.2, 0.25) is 23.6 Å². The predicted molar refractivity (Wildman–Crippen MR) is 247 cm³/mol. The fraction of sp³-hybridized carbons (Fsp3) is 0.896. The minimum absolute atomic E-state index is 0.0543. The molecule has 0 spiro atoms. The highest BCUT2D eigenvalue weighted by Gasteiger charge is 2.32. The number of hydrogen-bond acceptors (Lipinski definition) is 9. The topological polar surface area (TPSA) is 173 Å². The van der Waals surface area contributed by atoms with E-state index in [4.69, 9.17) is 14.2 Å². The largest absolute Gasteiger partial charge is 0.380 e. The lowest BCUT2D eigenvalue weighted by atomic mass is 9.79. The van der Waals surface area contributed by atoms with Gasteiger partial charge in [-0.2, -0.15) is 0 Å². The molecule has 13 heteroatoms. The standard InChI is InChI=1S/C48H93N5O8/c1-41(2,3)21-22-48(16,17)40(58)53-29-47(14,15)35-61-33-45(10,11)27-51-38(56)25-43(6,7)31-60-34-46(12,13)28-52-39(57)36(49-18)19-20-37(55)50-26-44(8,9)32-59-30-42(4,5)23-24-54/h24,36,49H,19-23,25-35H2,1-18H3,(H,50,55)(H,51,56)(H,52,57)(H,53,58)/t36-/m0/s1. The molecule has 0 aromatic rings. The van der Waals surface area contributed by atoms with Gasteiger partial charge in [-0.3, -0.25) is 19.2 Å². The summed E-state index contributed by atoms with van der Waals surface area (Å²) in [5.41, 5.74) is -2.09. The van der Waals surface area contributed by atoms with E-state index in [1.165, 1.54) is 0 Å². The molecule has 0 heterocycles. The van der Waals surface area contributed by atoms with Gasteiger partial charge in [0.25, 0.3) is 0 Å². The number of aldehydes is 1. The van der Waals surface area contributed by atoms with Crippen molar-refractivity contribution in [2.75, 3.05) is 72.9 Å². The molecule has 0 saturated carbocycles. The SMILES string of the molecule is CN[C@@H](CCC(=O)NCC(C)(C)COCC(C)(C)CC=O)C(=O)NCC(C)(C)COCC(C)(C)CC(=O)NCC(C)(C)COCC(C)(C)CNC(=O)C(C)(C)CCC(C)(C)C. The summed E-state index contributed by atoms with van der Waals surface area (Å²) in [7, 11) is 1.71. The minimum Gasteiger partial charge on any atom is -0.380 e. The summed E-state index contributed by atoms with van der Waals surface area (Å²) in [6, 6.07) is -0.528. The Labute approximate surface area is 372 Å². The van der Waals surface area contributed by atoms with E-state index in [-0.39, 0.29) is 62.5 Å². The molecule has 0 bridgehead atoms. The Balaban J connectivity index is 4.64. The molecule has 0 radical (unpaired) electrons. The molecule has 0 fully saturated rings. The highest BCUT2D eigenvalue weighted by molar-refractivity contribution is 5.83. The van der Waals surface area contributed by atoms with E-state index in [0.717, 1.165) is 19.1 Å². The summed E-state index contributed by atoms with van der Waals surface area (Å²) in [4.78, 5) is 62.6. The third-order valence-electron chi connectivity index (χ3n) is 10.7. The highest BCUT2D eigenvalue weighted by atomic mass is 16.5. The predicted octanol–water partition coefficient (Wildman–Crippen LogP) is 6.86. The second-order valence-corrected chi connectivity index (χ2v) is 24.3. The van der Waals surface area contributed by atoms with Crippen LogP contribution in [0.2, 0.25) is 0 Å². The van der Waals surface area contributed by atoms with Crippen molar-refractivity contribution in [3.05, 3.63) is 0 Å². The number of likely N-dealkylation sites (N-methyl/N-ethyl adjacent to an activating group) is 1. The third kappa shape index (κ3) is 28.7. The zero-order valence-corrected chi connectivity index (χ0v) is 42.2. The molecule has 4 amide bonds. The normalized spacial score (nSPS) is 14.0. The molecule has 0 aliphatic carbocycles. The van der Waals surface area contributed by atoms with Gasteiger partial charge in [-0.05, 0) is 42.6 Å². The van der Waals surface area contributed by atoms with E-state index >= 15 is 0 Å². The van der Waals surface area contributed by atoms with Crippen LogP contribution in [-0.2, 0) is 38.2 Å². The zero-order valence-electron chi connectivity index (χ0n) is 42.2. The van der Waals surface area contributed by atoms with Crippen LogP contribution in [0, 0.1) is 43.3 Å². The average molecular weight is 868 g/mol. The molecular formula is C48H93N5O8. The van der Waals surface area contributed by atoms with E-state index in [1.54, 1.807) is 7.05 Å². The first-order valence-corrected chi connectivity index (χ1v) is 22.5. The van der Waals surface area contributed by atoms with Crippen molar-refractivity contribution < 1.29 is 38.2 Å². The van der Waals surface area contributed by atoms with Crippen LogP contribution in [0.3, 0.4) is 0 Å². The number of amides is 4. The van der Waals surface area contributed by atoms with Crippen LogP contribution in [0.25, 0.3) is 0 Å². The van der Waals surface area contributed by atoms with Gasteiger partial charge in [0.05, 0.1) is 45.7 Å². The molecule has 0 aromatic heterocycles. The van der Waals surface area contributed by atoms with Gasteiger partial charge in [0.1, 0.15) is 6.29 Å². The third-order valence-corrected chi connectivity index (χ3v) is 10.7. The van der Waals surface area contributed by atoms with Crippen molar-refractivity contribution >= 4 is 29.9 Å². The van der Waals surface area contributed by atoms with E-state index < -0.39 is 16.9 Å². The summed E-state index contributed by atoms with van der Waals surface area (Å²) in [5.74, 6) is -0.303. The molecule has 0 rings (SSSR count). The van der Waals surface area contributed by atoms with Crippen molar-refractivity contribution in [1.29, 1.82) is 0 Å². The highest BCUT2D eigenvalue weighted by Crippen LogP contribution is 2.31. The molecule has 358 valence electrons. The van der Waals surface area contributed by atoms with Crippen molar-refractivity contribution in [3.63, 3.8) is 0 Å². The first-order chi connectivity index (χ1) is 27.6. The van der Waals surface area contributed by atoms with Gasteiger partial charge in [-0.1, -0.05) is 118 Å². The molecule has 0 unspecified atom stereocenters. The first kappa shape index (κ1) is 58.4. The van der Waals surface area contributed by atoms with Crippen LogP contribution in [0.15, 0.2) is 0 Å². The Morgan fingerprint density at radius 1 is 0.508 bits per heavy atom. The van der Waals surface area contributed by atoms with Crippen molar-refractivity contribution in [2.45, 2.75) is 162 Å². The van der Waals surface area contributed by atoms with Gasteiger partial charge in [0.15, 0.2) is 0 Å². The van der Waals surface area contributed by atoms with Gasteiger partial charge in [-0.15, -0.1) is 0 Å². The smallest absolute Gasteiger partial charge is 0.237 e. The maximum absolute atomic E-state index is 13.1. The van der Waals surface area contributed by atoms with Gasteiger partial charge >= 0.3 is 0 Å². The summed E-state index contributed by atoms with van der Waals surface area (Å²) in [6.07, 6.45) is 3.98. The van der Waals surface area contributed by atoms with Crippen molar-refractivity contribution in [3.8, 4) is 0 Å². The second kappa shape index (κ2) is 25.0. The molecule has 5 N–H and O–H groups in total. The fourth-order valence-corrected chi connectivity index (χ4v) is 6.10. The number of nitrogens with one attached hydrogen (secondary N) is 5. The average Bonchev–Trinajstić information content (AvgIpc) is 3.09. The zero-order chi connectivity index (χ0) is 47.6. The van der Waals surface area contributed by atoms with Crippen LogP contribution in [0.5, 0.6) is 0 Å². The molecule has 13 nitrogen and oxygen atoms in total. The number of hydrogen-bond donors (Lipinski definition) is 5. The maximum Gasteiger partial charge on any atom is 0.237 e. The maximum atomic E-state index is 13.1. The number of rotatable bonds is 32. The Hall–Kier alpha value is -2.61. The van der Waals surface area contributed by atoms with Crippen LogP contribution < -0.4 is 26.6 Å².